The number of ether oxygens (including phenoxy) is 3. The van der Waals surface area contributed by atoms with Crippen molar-refractivity contribution in [3.8, 4) is 11.5 Å². The number of rotatable bonds is 9. The minimum atomic E-state index is -0.147. The molecule has 0 bridgehead atoms. The summed E-state index contributed by atoms with van der Waals surface area (Å²) < 4.78 is 16.6. The molecule has 0 aromatic heterocycles. The first-order valence-corrected chi connectivity index (χ1v) is 9.46. The van der Waals surface area contributed by atoms with Crippen LogP contribution < -0.4 is 14.8 Å². The third-order valence-corrected chi connectivity index (χ3v) is 4.52. The van der Waals surface area contributed by atoms with Crippen LogP contribution in [0.5, 0.6) is 11.5 Å². The minimum Gasteiger partial charge on any atom is -0.493 e. The molecule has 6 heteroatoms. The topological polar surface area (TPSA) is 60.0 Å². The molecule has 6 nitrogen and oxygen atoms in total. The van der Waals surface area contributed by atoms with E-state index in [2.05, 4.69) is 30.6 Å². The van der Waals surface area contributed by atoms with Gasteiger partial charge < -0.3 is 19.5 Å². The Morgan fingerprint density at radius 3 is 2.81 bits per heavy atom. The highest BCUT2D eigenvalue weighted by Gasteiger charge is 2.22. The third-order valence-electron chi connectivity index (χ3n) is 4.52. The Balaban J connectivity index is 2.02. The Hall–Kier alpha value is -2.05. The number of carbonyl (C=O) groups is 1. The molecule has 0 spiro atoms. The molecule has 2 rings (SSSR count). The number of nitrogens with zero attached hydrogens (tertiary/aromatic N) is 1. The molecule has 150 valence electrons. The summed E-state index contributed by atoms with van der Waals surface area (Å²) in [5.41, 5.74) is 1.41. The highest BCUT2D eigenvalue weighted by Crippen LogP contribution is 2.33. The first-order chi connectivity index (χ1) is 13.0. The smallest absolute Gasteiger partial charge is 0.251 e. The van der Waals surface area contributed by atoms with Crippen LogP contribution in [0.4, 0.5) is 0 Å². The van der Waals surface area contributed by atoms with Gasteiger partial charge in [-0.1, -0.05) is 19.9 Å². The van der Waals surface area contributed by atoms with Crippen molar-refractivity contribution in [1.29, 1.82) is 0 Å². The van der Waals surface area contributed by atoms with E-state index in [0.29, 0.717) is 42.6 Å². The molecule has 1 unspecified atom stereocenters. The lowest BCUT2D eigenvalue weighted by atomic mass is 10.0. The Kier molecular flexibility index (Phi) is 8.13. The molecular weight excluding hydrogens is 344 g/mol. The van der Waals surface area contributed by atoms with E-state index in [1.165, 1.54) is 0 Å². The first-order valence-electron chi connectivity index (χ1n) is 9.46. The monoisotopic (exact) mass is 376 g/mol. The second-order valence-corrected chi connectivity index (χ2v) is 7.22. The van der Waals surface area contributed by atoms with Crippen molar-refractivity contribution in [3.63, 3.8) is 0 Å². The van der Waals surface area contributed by atoms with Crippen molar-refractivity contribution in [2.45, 2.75) is 26.4 Å². The van der Waals surface area contributed by atoms with E-state index < -0.39 is 0 Å². The van der Waals surface area contributed by atoms with Gasteiger partial charge in [0.25, 0.3) is 5.91 Å². The van der Waals surface area contributed by atoms with E-state index in [1.807, 2.05) is 6.07 Å². The van der Waals surface area contributed by atoms with Crippen LogP contribution in [0.2, 0.25) is 0 Å². The van der Waals surface area contributed by atoms with Gasteiger partial charge in [-0.05, 0) is 24.5 Å². The standard InChI is InChI=1S/C21H32N2O4/c1-6-7-16-10-17(11-19(25-4)20(16)26-5)21(24)22-12-18-14-23(8-9-27-18)13-15(2)3/h6,10-11,15,18H,1,7-9,12-14H2,2-5H3,(H,22,24). The maximum atomic E-state index is 12.7. The maximum Gasteiger partial charge on any atom is 0.251 e. The molecule has 1 aromatic carbocycles. The molecule has 1 atom stereocenters. The Morgan fingerprint density at radius 2 is 2.19 bits per heavy atom. The van der Waals surface area contributed by atoms with Gasteiger partial charge in [-0.15, -0.1) is 6.58 Å². The number of benzene rings is 1. The van der Waals surface area contributed by atoms with Crippen molar-refractivity contribution >= 4 is 5.91 Å². The Morgan fingerprint density at radius 1 is 1.41 bits per heavy atom. The summed E-state index contributed by atoms with van der Waals surface area (Å²) in [5.74, 6) is 1.65. The lowest BCUT2D eigenvalue weighted by Crippen LogP contribution is -2.48. The zero-order valence-electron chi connectivity index (χ0n) is 16.9. The van der Waals surface area contributed by atoms with E-state index in [-0.39, 0.29) is 12.0 Å². The summed E-state index contributed by atoms with van der Waals surface area (Å²) in [6, 6.07) is 3.53. The summed E-state index contributed by atoms with van der Waals surface area (Å²) in [7, 11) is 3.16. The highest BCUT2D eigenvalue weighted by atomic mass is 16.5. The second kappa shape index (κ2) is 10.3. The number of allylic oxidation sites excluding steroid dienone is 1. The maximum absolute atomic E-state index is 12.7. The van der Waals surface area contributed by atoms with Gasteiger partial charge >= 0.3 is 0 Å². The molecule has 1 aromatic rings. The molecule has 1 aliphatic heterocycles. The number of hydrogen-bond donors (Lipinski definition) is 1. The van der Waals surface area contributed by atoms with Crippen molar-refractivity contribution in [1.82, 2.24) is 10.2 Å². The average Bonchev–Trinajstić information content (AvgIpc) is 2.65. The first kappa shape index (κ1) is 21.3. The van der Waals surface area contributed by atoms with Crippen LogP contribution in [0.3, 0.4) is 0 Å². The van der Waals surface area contributed by atoms with E-state index in [1.54, 1.807) is 26.4 Å². The molecule has 0 radical (unpaired) electrons. The van der Waals surface area contributed by atoms with Crippen LogP contribution in [0.25, 0.3) is 0 Å². The van der Waals surface area contributed by atoms with Crippen molar-refractivity contribution < 1.29 is 19.0 Å². The fourth-order valence-electron chi connectivity index (χ4n) is 3.38. The molecule has 27 heavy (non-hydrogen) atoms. The Bertz CT molecular complexity index is 645. The van der Waals surface area contributed by atoms with Gasteiger partial charge in [0.1, 0.15) is 0 Å². The van der Waals surface area contributed by atoms with Gasteiger partial charge in [0.05, 0.1) is 26.9 Å². The molecule has 1 heterocycles. The summed E-state index contributed by atoms with van der Waals surface area (Å²) in [4.78, 5) is 15.1. The summed E-state index contributed by atoms with van der Waals surface area (Å²) in [6.45, 7) is 12.2. The molecule has 1 fully saturated rings. The van der Waals surface area contributed by atoms with E-state index in [4.69, 9.17) is 14.2 Å². The molecule has 1 amide bonds. The van der Waals surface area contributed by atoms with E-state index in [0.717, 1.165) is 25.2 Å². The van der Waals surface area contributed by atoms with Gasteiger partial charge in [0, 0.05) is 37.3 Å². The molecule has 1 N–H and O–H groups in total. The van der Waals surface area contributed by atoms with Gasteiger partial charge in [-0.2, -0.15) is 0 Å². The predicted octanol–water partition coefficient (Wildman–Crippen LogP) is 2.52. The largest absolute Gasteiger partial charge is 0.493 e. The number of hydrogen-bond acceptors (Lipinski definition) is 5. The number of methoxy groups -OCH3 is 2. The lowest BCUT2D eigenvalue weighted by Gasteiger charge is -2.34. The number of morpholine rings is 1. The quantitative estimate of drug-likeness (QED) is 0.671. The predicted molar refractivity (Wildman–Crippen MR) is 107 cm³/mol. The van der Waals surface area contributed by atoms with Crippen LogP contribution in [0, 0.1) is 5.92 Å². The molecule has 1 aliphatic rings. The van der Waals surface area contributed by atoms with Crippen LogP contribution in [-0.4, -0.2) is 63.9 Å². The van der Waals surface area contributed by atoms with Gasteiger partial charge in [-0.25, -0.2) is 0 Å². The molecule has 0 aliphatic carbocycles. The van der Waals surface area contributed by atoms with Gasteiger partial charge in [0.2, 0.25) is 0 Å². The Labute approximate surface area is 162 Å². The van der Waals surface area contributed by atoms with Crippen molar-refractivity contribution in [3.05, 3.63) is 35.9 Å². The third kappa shape index (κ3) is 5.97. The molecule has 1 saturated heterocycles. The lowest BCUT2D eigenvalue weighted by molar-refractivity contribution is -0.0295. The zero-order chi connectivity index (χ0) is 19.8. The summed E-state index contributed by atoms with van der Waals surface area (Å²) >= 11 is 0. The van der Waals surface area contributed by atoms with E-state index >= 15 is 0 Å². The SMILES string of the molecule is C=CCc1cc(C(=O)NCC2CN(CC(C)C)CCO2)cc(OC)c1OC. The van der Waals surface area contributed by atoms with Crippen LogP contribution in [-0.2, 0) is 11.2 Å². The average molecular weight is 376 g/mol. The van der Waals surface area contributed by atoms with Crippen LogP contribution >= 0.6 is 0 Å². The minimum absolute atomic E-state index is 0.00856. The number of amides is 1. The van der Waals surface area contributed by atoms with Gasteiger partial charge in [0.15, 0.2) is 11.5 Å². The highest BCUT2D eigenvalue weighted by molar-refractivity contribution is 5.95. The van der Waals surface area contributed by atoms with Crippen molar-refractivity contribution in [2.75, 3.05) is 47.0 Å². The number of carbonyl (C=O) groups excluding carboxylic acids is 1. The van der Waals surface area contributed by atoms with Crippen LogP contribution in [0.15, 0.2) is 24.8 Å². The fourth-order valence-corrected chi connectivity index (χ4v) is 3.38. The molecular formula is C21H32N2O4. The van der Waals surface area contributed by atoms with Gasteiger partial charge in [-0.3, -0.25) is 9.69 Å². The number of nitrogens with one attached hydrogen (secondary N) is 1. The summed E-state index contributed by atoms with van der Waals surface area (Å²) in [5, 5.41) is 2.99. The normalized spacial score (nSPS) is 17.6. The fraction of sp³-hybridized carbons (Fsp3) is 0.571. The van der Waals surface area contributed by atoms with Crippen LogP contribution in [0.1, 0.15) is 29.8 Å². The van der Waals surface area contributed by atoms with E-state index in [9.17, 15) is 4.79 Å². The zero-order valence-corrected chi connectivity index (χ0v) is 16.9. The molecule has 0 saturated carbocycles. The summed E-state index contributed by atoms with van der Waals surface area (Å²) in [6.07, 6.45) is 2.38. The van der Waals surface area contributed by atoms with Crippen molar-refractivity contribution in [2.24, 2.45) is 5.92 Å². The second-order valence-electron chi connectivity index (χ2n) is 7.22.